The standard InChI is InChI=1S/C17H10FN3O2S2/c18-10-3-1-9(2-4-10)13-7-12-15(25-13)14(17(22)23)20-21-16(12)19-11-5-6-24-8-11/h1-8H,(H,19,21)(H,22,23). The van der Waals surface area contributed by atoms with Gasteiger partial charge in [0.15, 0.2) is 11.5 Å². The SMILES string of the molecule is O=C(O)c1nnc(Nc2ccsc2)c2cc(-c3ccc(F)cc3)sc12. The van der Waals surface area contributed by atoms with E-state index in [4.69, 9.17) is 0 Å². The number of nitrogens with zero attached hydrogens (tertiary/aromatic N) is 2. The van der Waals surface area contributed by atoms with Gasteiger partial charge in [0.25, 0.3) is 0 Å². The lowest BCUT2D eigenvalue weighted by molar-refractivity contribution is 0.0692. The normalized spacial score (nSPS) is 10.9. The predicted octanol–water partition coefficient (Wildman–Crippen LogP) is 5.00. The van der Waals surface area contributed by atoms with Gasteiger partial charge in [0.2, 0.25) is 0 Å². The van der Waals surface area contributed by atoms with Crippen LogP contribution in [-0.4, -0.2) is 21.3 Å². The molecule has 1 aromatic carbocycles. The average Bonchev–Trinajstić information content (AvgIpc) is 3.25. The van der Waals surface area contributed by atoms with Crippen LogP contribution < -0.4 is 5.32 Å². The number of carboxylic acid groups (broad SMARTS) is 1. The summed E-state index contributed by atoms with van der Waals surface area (Å²) < 4.78 is 13.7. The highest BCUT2D eigenvalue weighted by Crippen LogP contribution is 2.38. The summed E-state index contributed by atoms with van der Waals surface area (Å²) >= 11 is 2.83. The van der Waals surface area contributed by atoms with Crippen LogP contribution in [0, 0.1) is 5.82 Å². The maximum Gasteiger partial charge on any atom is 0.357 e. The van der Waals surface area contributed by atoms with Gasteiger partial charge in [0, 0.05) is 15.6 Å². The van der Waals surface area contributed by atoms with Gasteiger partial charge in [-0.05, 0) is 35.2 Å². The number of nitrogens with one attached hydrogen (secondary N) is 1. The van der Waals surface area contributed by atoms with Crippen molar-refractivity contribution in [1.82, 2.24) is 10.2 Å². The van der Waals surface area contributed by atoms with E-state index in [2.05, 4.69) is 15.5 Å². The Kier molecular flexibility index (Phi) is 3.90. The molecular weight excluding hydrogens is 361 g/mol. The minimum absolute atomic E-state index is 0.0933. The van der Waals surface area contributed by atoms with Crippen molar-refractivity contribution in [1.29, 1.82) is 0 Å². The summed E-state index contributed by atoms with van der Waals surface area (Å²) in [6, 6.07) is 9.82. The summed E-state index contributed by atoms with van der Waals surface area (Å²) in [5.41, 5.74) is 1.57. The van der Waals surface area contributed by atoms with E-state index in [1.165, 1.54) is 34.8 Å². The van der Waals surface area contributed by atoms with Gasteiger partial charge >= 0.3 is 5.97 Å². The van der Waals surface area contributed by atoms with Crippen molar-refractivity contribution in [2.24, 2.45) is 0 Å². The first-order valence-electron chi connectivity index (χ1n) is 7.20. The van der Waals surface area contributed by atoms with Gasteiger partial charge in [-0.3, -0.25) is 0 Å². The van der Waals surface area contributed by atoms with E-state index in [0.717, 1.165) is 16.1 Å². The lowest BCUT2D eigenvalue weighted by Crippen LogP contribution is -2.04. The molecule has 0 amide bonds. The molecule has 0 fully saturated rings. The van der Waals surface area contributed by atoms with Gasteiger partial charge in [-0.1, -0.05) is 12.1 Å². The first-order chi connectivity index (χ1) is 12.1. The number of hydrogen-bond acceptors (Lipinski definition) is 6. The number of thiophene rings is 2. The first kappa shape index (κ1) is 15.7. The molecule has 0 saturated heterocycles. The number of rotatable bonds is 4. The Hall–Kier alpha value is -2.84. The van der Waals surface area contributed by atoms with Crippen LogP contribution >= 0.6 is 22.7 Å². The van der Waals surface area contributed by atoms with Crippen molar-refractivity contribution < 1.29 is 14.3 Å². The maximum atomic E-state index is 13.1. The van der Waals surface area contributed by atoms with E-state index in [1.54, 1.807) is 12.1 Å². The fraction of sp³-hybridized carbons (Fsp3) is 0. The van der Waals surface area contributed by atoms with Crippen molar-refractivity contribution in [3.8, 4) is 10.4 Å². The molecule has 4 rings (SSSR count). The molecule has 0 spiro atoms. The molecule has 124 valence electrons. The second-order valence-corrected chi connectivity index (χ2v) is 7.03. The van der Waals surface area contributed by atoms with Crippen molar-refractivity contribution in [2.75, 3.05) is 5.32 Å². The number of aromatic carboxylic acids is 1. The third-order valence-corrected chi connectivity index (χ3v) is 5.44. The smallest absolute Gasteiger partial charge is 0.357 e. The van der Waals surface area contributed by atoms with Crippen molar-refractivity contribution in [3.63, 3.8) is 0 Å². The van der Waals surface area contributed by atoms with Crippen LogP contribution in [0.2, 0.25) is 0 Å². The van der Waals surface area contributed by atoms with Crippen LogP contribution in [0.1, 0.15) is 10.5 Å². The molecule has 0 aliphatic carbocycles. The third kappa shape index (κ3) is 2.97. The fourth-order valence-electron chi connectivity index (χ4n) is 2.40. The number of halogens is 1. The number of hydrogen-bond donors (Lipinski definition) is 2. The Balaban J connectivity index is 1.88. The molecule has 25 heavy (non-hydrogen) atoms. The number of fused-ring (bicyclic) bond motifs is 1. The monoisotopic (exact) mass is 371 g/mol. The molecule has 5 nitrogen and oxygen atoms in total. The van der Waals surface area contributed by atoms with E-state index in [9.17, 15) is 14.3 Å². The van der Waals surface area contributed by atoms with Crippen LogP contribution in [0.25, 0.3) is 20.5 Å². The van der Waals surface area contributed by atoms with Crippen molar-refractivity contribution in [3.05, 3.63) is 58.7 Å². The molecule has 3 heterocycles. The zero-order valence-corrected chi connectivity index (χ0v) is 14.2. The molecule has 0 saturated carbocycles. The molecule has 3 aromatic heterocycles. The van der Waals surface area contributed by atoms with Crippen molar-refractivity contribution >= 4 is 50.2 Å². The number of aromatic nitrogens is 2. The number of anilines is 2. The van der Waals surface area contributed by atoms with E-state index in [0.29, 0.717) is 15.9 Å². The average molecular weight is 371 g/mol. The molecule has 8 heteroatoms. The highest BCUT2D eigenvalue weighted by atomic mass is 32.1. The first-order valence-corrected chi connectivity index (χ1v) is 8.96. The Labute approximate surface area is 149 Å². The summed E-state index contributed by atoms with van der Waals surface area (Å²) in [6.45, 7) is 0. The van der Waals surface area contributed by atoms with Crippen LogP contribution in [0.3, 0.4) is 0 Å². The van der Waals surface area contributed by atoms with Crippen LogP contribution in [0.15, 0.2) is 47.2 Å². The van der Waals surface area contributed by atoms with Crippen molar-refractivity contribution in [2.45, 2.75) is 0 Å². The zero-order valence-electron chi connectivity index (χ0n) is 12.6. The van der Waals surface area contributed by atoms with Gasteiger partial charge in [-0.2, -0.15) is 11.3 Å². The molecule has 0 aliphatic rings. The molecule has 4 aromatic rings. The molecule has 2 N–H and O–H groups in total. The minimum Gasteiger partial charge on any atom is -0.476 e. The summed E-state index contributed by atoms with van der Waals surface area (Å²) in [7, 11) is 0. The van der Waals surface area contributed by atoms with E-state index in [1.807, 2.05) is 22.9 Å². The topological polar surface area (TPSA) is 75.1 Å². The van der Waals surface area contributed by atoms with Gasteiger partial charge in [0.05, 0.1) is 10.4 Å². The Morgan fingerprint density at radius 2 is 1.96 bits per heavy atom. The van der Waals surface area contributed by atoms with Crippen LogP contribution in [0.5, 0.6) is 0 Å². The highest BCUT2D eigenvalue weighted by Gasteiger charge is 2.19. The van der Waals surface area contributed by atoms with Gasteiger partial charge in [0.1, 0.15) is 5.82 Å². The number of carbonyl (C=O) groups is 1. The van der Waals surface area contributed by atoms with E-state index in [-0.39, 0.29) is 11.5 Å². The second-order valence-electron chi connectivity index (χ2n) is 5.20. The summed E-state index contributed by atoms with van der Waals surface area (Å²) in [5, 5.41) is 24.9. The highest BCUT2D eigenvalue weighted by molar-refractivity contribution is 7.22. The lowest BCUT2D eigenvalue weighted by atomic mass is 10.1. The largest absolute Gasteiger partial charge is 0.476 e. The number of carboxylic acids is 1. The number of benzene rings is 1. The fourth-order valence-corrected chi connectivity index (χ4v) is 4.13. The predicted molar refractivity (Wildman–Crippen MR) is 97.4 cm³/mol. The van der Waals surface area contributed by atoms with Crippen LogP contribution in [-0.2, 0) is 0 Å². The summed E-state index contributed by atoms with van der Waals surface area (Å²) in [5.74, 6) is -0.964. The van der Waals surface area contributed by atoms with Gasteiger partial charge in [-0.15, -0.1) is 21.5 Å². The van der Waals surface area contributed by atoms with Crippen LogP contribution in [0.4, 0.5) is 15.9 Å². The van der Waals surface area contributed by atoms with E-state index < -0.39 is 5.97 Å². The lowest BCUT2D eigenvalue weighted by Gasteiger charge is -2.04. The Morgan fingerprint density at radius 3 is 2.64 bits per heavy atom. The maximum absolute atomic E-state index is 13.1. The third-order valence-electron chi connectivity index (χ3n) is 3.57. The molecule has 0 atom stereocenters. The second kappa shape index (κ2) is 6.23. The quantitative estimate of drug-likeness (QED) is 0.528. The summed E-state index contributed by atoms with van der Waals surface area (Å²) in [6.07, 6.45) is 0. The molecular formula is C17H10FN3O2S2. The zero-order chi connectivity index (χ0) is 17.4. The van der Waals surface area contributed by atoms with E-state index >= 15 is 0 Å². The Bertz CT molecular complexity index is 1060. The minimum atomic E-state index is -1.13. The Morgan fingerprint density at radius 1 is 1.16 bits per heavy atom. The summed E-state index contributed by atoms with van der Waals surface area (Å²) in [4.78, 5) is 12.3. The van der Waals surface area contributed by atoms with Gasteiger partial charge in [-0.25, -0.2) is 9.18 Å². The molecule has 0 aliphatic heterocycles. The molecule has 0 radical (unpaired) electrons. The molecule has 0 unspecified atom stereocenters. The van der Waals surface area contributed by atoms with Gasteiger partial charge < -0.3 is 10.4 Å². The molecule has 0 bridgehead atoms.